The Hall–Kier alpha value is -2.05. The summed E-state index contributed by atoms with van der Waals surface area (Å²) in [6, 6.07) is -1.52. The molecule has 0 bridgehead atoms. The number of rotatable bonds is 10. The van der Waals surface area contributed by atoms with Crippen LogP contribution in [-0.4, -0.2) is 41.2 Å². The highest BCUT2D eigenvalue weighted by Crippen LogP contribution is 2.27. The summed E-state index contributed by atoms with van der Waals surface area (Å²) in [5, 5.41) is 5.45. The number of carbonyl (C=O) groups is 5. The van der Waals surface area contributed by atoms with Crippen molar-refractivity contribution < 1.29 is 24.0 Å². The van der Waals surface area contributed by atoms with Gasteiger partial charge in [-0.15, -0.1) is 0 Å². The number of hydrogen-bond acceptors (Lipinski definition) is 5. The second-order valence-corrected chi connectivity index (χ2v) is 12.2. The Labute approximate surface area is 193 Å². The van der Waals surface area contributed by atoms with E-state index in [2.05, 4.69) is 10.6 Å². The molecule has 0 rings (SSSR count). The number of ketones is 3. The topological polar surface area (TPSA) is 109 Å². The molecule has 184 valence electrons. The maximum Gasteiger partial charge on any atom is 0.224 e. The third-order valence-corrected chi connectivity index (χ3v) is 5.24. The average Bonchev–Trinajstić information content (AvgIpc) is 2.55. The van der Waals surface area contributed by atoms with E-state index in [1.165, 1.54) is 6.92 Å². The van der Waals surface area contributed by atoms with Crippen molar-refractivity contribution in [1.82, 2.24) is 10.6 Å². The number of carbonyl (C=O) groups excluding carboxylic acids is 5. The largest absolute Gasteiger partial charge is 0.346 e. The fourth-order valence-electron chi connectivity index (χ4n) is 3.05. The van der Waals surface area contributed by atoms with Crippen molar-refractivity contribution >= 4 is 29.2 Å². The third kappa shape index (κ3) is 11.0. The molecule has 0 heterocycles. The molecule has 2 amide bonds. The quantitative estimate of drug-likeness (QED) is 0.526. The normalized spacial score (nSPS) is 15.3. The van der Waals surface area contributed by atoms with Crippen LogP contribution in [0.25, 0.3) is 0 Å². The summed E-state index contributed by atoms with van der Waals surface area (Å²) in [6.45, 7) is 19.6. The van der Waals surface area contributed by atoms with E-state index in [4.69, 9.17) is 0 Å². The molecular weight excluding hydrogens is 408 g/mol. The van der Waals surface area contributed by atoms with Gasteiger partial charge in [0.25, 0.3) is 0 Å². The molecule has 0 aliphatic heterocycles. The van der Waals surface area contributed by atoms with Crippen molar-refractivity contribution in [3.05, 3.63) is 0 Å². The lowest BCUT2D eigenvalue weighted by molar-refractivity contribution is -0.137. The zero-order chi connectivity index (χ0) is 25.7. The molecule has 0 fully saturated rings. The summed E-state index contributed by atoms with van der Waals surface area (Å²) < 4.78 is 0. The minimum absolute atomic E-state index is 0.113. The highest BCUT2D eigenvalue weighted by molar-refractivity contribution is 5.97. The molecule has 0 spiro atoms. The van der Waals surface area contributed by atoms with E-state index in [1.54, 1.807) is 27.7 Å². The molecule has 0 radical (unpaired) electrons. The second-order valence-electron chi connectivity index (χ2n) is 12.2. The molecule has 0 aromatic carbocycles. The SMILES string of the molecule is CC(=O)C(C)NC(=O)C(CC(=O)[C@@H](NC(=O)CC(C)(C)C)C(C)(C)C)CC(=O)C(C)(C)C. The Bertz CT molecular complexity index is 720. The molecule has 2 unspecified atom stereocenters. The third-order valence-electron chi connectivity index (χ3n) is 5.24. The van der Waals surface area contributed by atoms with Crippen LogP contribution in [0.4, 0.5) is 0 Å². The summed E-state index contributed by atoms with van der Waals surface area (Å²) in [7, 11) is 0. The zero-order valence-corrected chi connectivity index (χ0v) is 21.9. The smallest absolute Gasteiger partial charge is 0.224 e. The van der Waals surface area contributed by atoms with Gasteiger partial charge in [0.05, 0.1) is 18.0 Å². The molecule has 32 heavy (non-hydrogen) atoms. The maximum absolute atomic E-state index is 13.3. The van der Waals surface area contributed by atoms with Gasteiger partial charge in [0, 0.05) is 24.7 Å². The first kappa shape index (κ1) is 29.9. The lowest BCUT2D eigenvalue weighted by Crippen LogP contribution is -2.51. The minimum Gasteiger partial charge on any atom is -0.346 e. The Kier molecular flexibility index (Phi) is 10.5. The van der Waals surface area contributed by atoms with Gasteiger partial charge in [-0.3, -0.25) is 24.0 Å². The van der Waals surface area contributed by atoms with Crippen LogP contribution >= 0.6 is 0 Å². The lowest BCUT2D eigenvalue weighted by Gasteiger charge is -2.32. The van der Waals surface area contributed by atoms with Gasteiger partial charge in [-0.05, 0) is 24.7 Å². The zero-order valence-electron chi connectivity index (χ0n) is 21.9. The summed E-state index contributed by atoms with van der Waals surface area (Å²) >= 11 is 0. The predicted molar refractivity (Wildman–Crippen MR) is 126 cm³/mol. The highest BCUT2D eigenvalue weighted by atomic mass is 16.2. The van der Waals surface area contributed by atoms with Crippen molar-refractivity contribution in [2.45, 2.75) is 108 Å². The van der Waals surface area contributed by atoms with Crippen molar-refractivity contribution in [3.63, 3.8) is 0 Å². The van der Waals surface area contributed by atoms with Gasteiger partial charge >= 0.3 is 0 Å². The lowest BCUT2D eigenvalue weighted by atomic mass is 9.78. The summed E-state index contributed by atoms with van der Waals surface area (Å²) in [4.78, 5) is 62.9. The van der Waals surface area contributed by atoms with Crippen LogP contribution in [0.15, 0.2) is 0 Å². The van der Waals surface area contributed by atoms with Crippen LogP contribution in [0.1, 0.15) is 95.4 Å². The minimum atomic E-state index is -0.916. The van der Waals surface area contributed by atoms with E-state index in [9.17, 15) is 24.0 Å². The summed E-state index contributed by atoms with van der Waals surface area (Å²) in [5.41, 5.74) is -1.48. The van der Waals surface area contributed by atoms with Crippen LogP contribution in [0, 0.1) is 22.2 Å². The molecule has 7 heteroatoms. The number of amides is 2. The van der Waals surface area contributed by atoms with Crippen molar-refractivity contribution in [3.8, 4) is 0 Å². The predicted octanol–water partition coefficient (Wildman–Crippen LogP) is 3.63. The average molecular weight is 453 g/mol. The molecule has 0 saturated heterocycles. The summed E-state index contributed by atoms with van der Waals surface area (Å²) in [5.74, 6) is -2.33. The van der Waals surface area contributed by atoms with Crippen LogP contribution in [0.2, 0.25) is 0 Å². The molecule has 0 aliphatic carbocycles. The van der Waals surface area contributed by atoms with Gasteiger partial charge in [-0.25, -0.2) is 0 Å². The van der Waals surface area contributed by atoms with E-state index < -0.39 is 34.7 Å². The highest BCUT2D eigenvalue weighted by Gasteiger charge is 2.37. The van der Waals surface area contributed by atoms with Gasteiger partial charge in [-0.2, -0.15) is 0 Å². The van der Waals surface area contributed by atoms with Gasteiger partial charge in [0.1, 0.15) is 5.78 Å². The Balaban J connectivity index is 5.75. The summed E-state index contributed by atoms with van der Waals surface area (Å²) in [6.07, 6.45) is -0.0517. The fraction of sp³-hybridized carbons (Fsp3) is 0.800. The van der Waals surface area contributed by atoms with Crippen molar-refractivity contribution in [2.75, 3.05) is 0 Å². The van der Waals surface area contributed by atoms with E-state index in [1.807, 2.05) is 41.5 Å². The standard InChI is InChI=1S/C25H44N2O5/c1-15(16(2)28)26-22(32)17(13-19(30)24(6,7)8)12-18(29)21(25(9,10)11)27-20(31)14-23(3,4)5/h15,17,21H,12-14H2,1-11H3,(H,26,32)(H,27,31)/t15?,17?,21-/m1/s1. The Morgan fingerprint density at radius 1 is 0.781 bits per heavy atom. The fourth-order valence-corrected chi connectivity index (χ4v) is 3.05. The van der Waals surface area contributed by atoms with Gasteiger partial charge in [-0.1, -0.05) is 62.3 Å². The number of Topliss-reactive ketones (excluding diaryl/α,β-unsaturated/α-hetero) is 3. The van der Waals surface area contributed by atoms with Crippen LogP contribution < -0.4 is 10.6 Å². The van der Waals surface area contributed by atoms with Crippen LogP contribution in [0.5, 0.6) is 0 Å². The van der Waals surface area contributed by atoms with Crippen LogP contribution in [-0.2, 0) is 24.0 Å². The van der Waals surface area contributed by atoms with Crippen molar-refractivity contribution in [1.29, 1.82) is 0 Å². The molecule has 0 aromatic heterocycles. The molecule has 3 atom stereocenters. The second kappa shape index (κ2) is 11.2. The first-order chi connectivity index (χ1) is 14.1. The molecule has 0 aromatic rings. The van der Waals surface area contributed by atoms with Gasteiger partial charge in [0.15, 0.2) is 11.6 Å². The van der Waals surface area contributed by atoms with E-state index in [0.29, 0.717) is 0 Å². The molecule has 0 aliphatic rings. The maximum atomic E-state index is 13.3. The number of hydrogen-bond donors (Lipinski definition) is 2. The molecule has 0 saturated carbocycles. The van der Waals surface area contributed by atoms with Gasteiger partial charge in [0.2, 0.25) is 11.8 Å². The first-order valence-electron chi connectivity index (χ1n) is 11.3. The molecule has 7 nitrogen and oxygen atoms in total. The Morgan fingerprint density at radius 2 is 1.28 bits per heavy atom. The molecular formula is C25H44N2O5. The van der Waals surface area contributed by atoms with E-state index >= 15 is 0 Å². The molecule has 2 N–H and O–H groups in total. The van der Waals surface area contributed by atoms with Crippen molar-refractivity contribution in [2.24, 2.45) is 22.2 Å². The monoisotopic (exact) mass is 452 g/mol. The Morgan fingerprint density at radius 3 is 1.66 bits per heavy atom. The first-order valence-corrected chi connectivity index (χ1v) is 11.3. The van der Waals surface area contributed by atoms with E-state index in [-0.39, 0.29) is 47.9 Å². The van der Waals surface area contributed by atoms with Gasteiger partial charge < -0.3 is 10.6 Å². The van der Waals surface area contributed by atoms with Crippen LogP contribution in [0.3, 0.4) is 0 Å². The van der Waals surface area contributed by atoms with E-state index in [0.717, 1.165) is 0 Å². The number of nitrogens with one attached hydrogen (secondary N) is 2.